The molecule has 2 aromatic heterocycles. The van der Waals surface area contributed by atoms with Crippen LogP contribution in [0.5, 0.6) is 0 Å². The van der Waals surface area contributed by atoms with E-state index >= 15 is 0 Å². The summed E-state index contributed by atoms with van der Waals surface area (Å²) in [6.45, 7) is 5.14. The molecule has 1 unspecified atom stereocenters. The highest BCUT2D eigenvalue weighted by Gasteiger charge is 2.38. The van der Waals surface area contributed by atoms with Gasteiger partial charge in [0.15, 0.2) is 0 Å². The average molecular weight is 317 g/mol. The van der Waals surface area contributed by atoms with Crippen molar-refractivity contribution in [3.63, 3.8) is 0 Å². The van der Waals surface area contributed by atoms with Crippen LogP contribution < -0.4 is 5.32 Å². The molecule has 0 bridgehead atoms. The van der Waals surface area contributed by atoms with Crippen molar-refractivity contribution in [3.8, 4) is 0 Å². The highest BCUT2D eigenvalue weighted by atomic mass is 16.5. The molecule has 1 aliphatic heterocycles. The summed E-state index contributed by atoms with van der Waals surface area (Å²) in [5.41, 5.74) is 1.10. The van der Waals surface area contributed by atoms with Gasteiger partial charge in [-0.15, -0.1) is 0 Å². The Balaban J connectivity index is 1.75. The van der Waals surface area contributed by atoms with Crippen LogP contribution in [0.2, 0.25) is 0 Å². The van der Waals surface area contributed by atoms with Crippen molar-refractivity contribution in [2.45, 2.75) is 38.3 Å². The van der Waals surface area contributed by atoms with Gasteiger partial charge in [0.25, 0.3) is 5.91 Å². The maximum absolute atomic E-state index is 12.5. The molecule has 1 aliphatic rings. The molecule has 0 spiro atoms. The Kier molecular flexibility index (Phi) is 4.21. The lowest BCUT2D eigenvalue weighted by atomic mass is 9.93. The third-order valence-corrected chi connectivity index (χ3v) is 4.26. The molecule has 1 atom stereocenters. The number of aryl methyl sites for hydroxylation is 1. The van der Waals surface area contributed by atoms with Gasteiger partial charge in [0.1, 0.15) is 11.3 Å². The molecule has 3 heterocycles. The van der Waals surface area contributed by atoms with E-state index in [0.29, 0.717) is 18.8 Å². The molecular formula is C16H23N5O2. The summed E-state index contributed by atoms with van der Waals surface area (Å²) in [6.07, 6.45) is 7.28. The predicted octanol–water partition coefficient (Wildman–Crippen LogP) is 1.63. The van der Waals surface area contributed by atoms with E-state index < -0.39 is 5.60 Å². The molecular weight excluding hydrogens is 294 g/mol. The van der Waals surface area contributed by atoms with Gasteiger partial charge in [0.05, 0.1) is 12.7 Å². The van der Waals surface area contributed by atoms with Gasteiger partial charge in [0.2, 0.25) is 0 Å². The minimum Gasteiger partial charge on any atom is -0.368 e. The zero-order valence-corrected chi connectivity index (χ0v) is 13.8. The molecule has 1 amide bonds. The first-order valence-corrected chi connectivity index (χ1v) is 7.97. The third kappa shape index (κ3) is 3.01. The Bertz CT molecular complexity index is 682. The van der Waals surface area contributed by atoms with E-state index in [9.17, 15) is 4.79 Å². The molecule has 1 N–H and O–H groups in total. The van der Waals surface area contributed by atoms with Crippen molar-refractivity contribution >= 4 is 5.91 Å². The number of aromatic nitrogens is 4. The largest absolute Gasteiger partial charge is 0.368 e. The van der Waals surface area contributed by atoms with Gasteiger partial charge < -0.3 is 10.1 Å². The molecule has 7 heteroatoms. The third-order valence-electron chi connectivity index (χ3n) is 4.26. The maximum Gasteiger partial charge on any atom is 0.269 e. The number of amides is 1. The van der Waals surface area contributed by atoms with Crippen LogP contribution in [0, 0.1) is 0 Å². The van der Waals surface area contributed by atoms with E-state index in [4.69, 9.17) is 4.74 Å². The zero-order chi connectivity index (χ0) is 16.4. The van der Waals surface area contributed by atoms with Crippen LogP contribution in [0.1, 0.15) is 48.8 Å². The van der Waals surface area contributed by atoms with Crippen molar-refractivity contribution in [1.82, 2.24) is 24.9 Å². The number of carbonyl (C=O) groups is 1. The van der Waals surface area contributed by atoms with Crippen molar-refractivity contribution in [2.75, 3.05) is 13.2 Å². The van der Waals surface area contributed by atoms with Gasteiger partial charge in [0, 0.05) is 37.7 Å². The Morgan fingerprint density at radius 1 is 1.48 bits per heavy atom. The fraction of sp³-hybridized carbons (Fsp3) is 0.562. The van der Waals surface area contributed by atoms with Crippen molar-refractivity contribution < 1.29 is 9.53 Å². The monoisotopic (exact) mass is 317 g/mol. The molecule has 0 aromatic carbocycles. The maximum atomic E-state index is 12.5. The Labute approximate surface area is 135 Å². The molecule has 0 saturated carbocycles. The summed E-state index contributed by atoms with van der Waals surface area (Å²) >= 11 is 0. The lowest BCUT2D eigenvalue weighted by Gasteiger charge is -2.27. The highest BCUT2D eigenvalue weighted by molar-refractivity contribution is 5.92. The Hall–Kier alpha value is -2.15. The van der Waals surface area contributed by atoms with Crippen LogP contribution in [-0.4, -0.2) is 38.6 Å². The smallest absolute Gasteiger partial charge is 0.269 e. The SMILES string of the molecule is CC(C)n1nccc1C(=O)NCC1(c2cnn(C)c2)CCCO1. The van der Waals surface area contributed by atoms with Crippen LogP contribution >= 0.6 is 0 Å². The second-order valence-corrected chi connectivity index (χ2v) is 6.29. The molecule has 23 heavy (non-hydrogen) atoms. The van der Waals surface area contributed by atoms with E-state index in [-0.39, 0.29) is 11.9 Å². The Morgan fingerprint density at radius 3 is 2.91 bits per heavy atom. The highest BCUT2D eigenvalue weighted by Crippen LogP contribution is 2.35. The average Bonchev–Trinajstić information content (AvgIpc) is 3.25. The number of nitrogens with zero attached hydrogens (tertiary/aromatic N) is 4. The molecule has 0 aliphatic carbocycles. The minimum atomic E-state index is -0.480. The first kappa shape index (κ1) is 15.7. The summed E-state index contributed by atoms with van der Waals surface area (Å²) < 4.78 is 9.48. The summed E-state index contributed by atoms with van der Waals surface area (Å²) in [7, 11) is 1.88. The molecule has 0 radical (unpaired) electrons. The number of rotatable bonds is 5. The minimum absolute atomic E-state index is 0.130. The second kappa shape index (κ2) is 6.16. The van der Waals surface area contributed by atoms with Gasteiger partial charge in [-0.1, -0.05) is 0 Å². The molecule has 2 aromatic rings. The fourth-order valence-electron chi connectivity index (χ4n) is 3.04. The molecule has 1 fully saturated rings. The summed E-state index contributed by atoms with van der Waals surface area (Å²) in [4.78, 5) is 12.5. The van der Waals surface area contributed by atoms with E-state index in [1.807, 2.05) is 33.3 Å². The first-order chi connectivity index (χ1) is 11.0. The fourth-order valence-corrected chi connectivity index (χ4v) is 3.04. The van der Waals surface area contributed by atoms with Crippen LogP contribution in [0.3, 0.4) is 0 Å². The number of hydrogen-bond donors (Lipinski definition) is 1. The normalized spacial score (nSPS) is 21.0. The van der Waals surface area contributed by atoms with Crippen LogP contribution in [0.25, 0.3) is 0 Å². The molecule has 124 valence electrons. The standard InChI is InChI=1S/C16H23N5O2/c1-12(2)21-14(5-7-18-21)15(22)17-11-16(6-4-8-23-16)13-9-19-20(3)10-13/h5,7,9-10,12H,4,6,8,11H2,1-3H3,(H,17,22). The number of carbonyl (C=O) groups excluding carboxylic acids is 1. The summed E-state index contributed by atoms with van der Waals surface area (Å²) in [5.74, 6) is -0.130. The predicted molar refractivity (Wildman–Crippen MR) is 85.0 cm³/mol. The van der Waals surface area contributed by atoms with Crippen molar-refractivity contribution in [2.24, 2.45) is 7.05 Å². The lowest BCUT2D eigenvalue weighted by Crippen LogP contribution is -2.41. The quantitative estimate of drug-likeness (QED) is 0.909. The van der Waals surface area contributed by atoms with E-state index in [2.05, 4.69) is 15.5 Å². The van der Waals surface area contributed by atoms with Gasteiger partial charge in [-0.2, -0.15) is 10.2 Å². The van der Waals surface area contributed by atoms with Crippen molar-refractivity contribution in [1.29, 1.82) is 0 Å². The van der Waals surface area contributed by atoms with Crippen molar-refractivity contribution in [3.05, 3.63) is 35.9 Å². The van der Waals surface area contributed by atoms with Gasteiger partial charge in [-0.25, -0.2) is 0 Å². The topological polar surface area (TPSA) is 74.0 Å². The number of ether oxygens (including phenoxy) is 1. The molecule has 3 rings (SSSR count). The van der Waals surface area contributed by atoms with E-state index in [0.717, 1.165) is 18.4 Å². The van der Waals surface area contributed by atoms with E-state index in [1.54, 1.807) is 21.6 Å². The zero-order valence-electron chi connectivity index (χ0n) is 13.8. The van der Waals surface area contributed by atoms with E-state index in [1.165, 1.54) is 0 Å². The number of nitrogens with one attached hydrogen (secondary N) is 1. The van der Waals surface area contributed by atoms with Gasteiger partial charge in [-0.05, 0) is 32.8 Å². The van der Waals surface area contributed by atoms with Gasteiger partial charge in [-0.3, -0.25) is 14.2 Å². The summed E-state index contributed by atoms with van der Waals surface area (Å²) in [6, 6.07) is 1.88. The van der Waals surface area contributed by atoms with Gasteiger partial charge >= 0.3 is 0 Å². The second-order valence-electron chi connectivity index (χ2n) is 6.29. The van der Waals surface area contributed by atoms with Crippen LogP contribution in [0.4, 0.5) is 0 Å². The number of hydrogen-bond acceptors (Lipinski definition) is 4. The van der Waals surface area contributed by atoms with Crippen LogP contribution in [-0.2, 0) is 17.4 Å². The summed E-state index contributed by atoms with van der Waals surface area (Å²) in [5, 5.41) is 11.4. The lowest BCUT2D eigenvalue weighted by molar-refractivity contribution is 0.00120. The first-order valence-electron chi connectivity index (χ1n) is 7.97. The Morgan fingerprint density at radius 2 is 2.30 bits per heavy atom. The van der Waals surface area contributed by atoms with Crippen LogP contribution in [0.15, 0.2) is 24.7 Å². The molecule has 7 nitrogen and oxygen atoms in total. The molecule has 1 saturated heterocycles.